The third-order valence-corrected chi connectivity index (χ3v) is 11.4. The molecule has 0 spiro atoms. The number of nitrogens with zero attached hydrogens (tertiary/aromatic N) is 1. The van der Waals surface area contributed by atoms with Gasteiger partial charge in [0.05, 0.1) is 12.1 Å². The van der Waals surface area contributed by atoms with Crippen LogP contribution in [0, 0.1) is 17.2 Å². The van der Waals surface area contributed by atoms with Gasteiger partial charge in [0.2, 0.25) is 47.3 Å². The molecule has 1 fully saturated rings. The predicted octanol–water partition coefficient (Wildman–Crippen LogP) is -3.15. The first-order valence-corrected chi connectivity index (χ1v) is 23.7. The van der Waals surface area contributed by atoms with Crippen LogP contribution in [0.4, 0.5) is 0 Å². The number of thiol groups is 1. The Morgan fingerprint density at radius 2 is 1.29 bits per heavy atom. The van der Waals surface area contributed by atoms with Crippen LogP contribution in [0.1, 0.15) is 87.0 Å². The quantitative estimate of drug-likeness (QED) is 0.0159. The van der Waals surface area contributed by atoms with E-state index in [0.717, 1.165) is 0 Å². The van der Waals surface area contributed by atoms with Crippen molar-refractivity contribution in [1.29, 1.82) is 5.41 Å². The molecule has 23 nitrogen and oxygen atoms in total. The summed E-state index contributed by atoms with van der Waals surface area (Å²) in [5.74, 6) is -7.65. The first-order chi connectivity index (χ1) is 30.4. The molecule has 0 aromatic heterocycles. The van der Waals surface area contributed by atoms with Crippen molar-refractivity contribution in [2.75, 3.05) is 30.9 Å². The molecule has 1 heterocycles. The normalized spacial score (nSPS) is 17.7. The lowest BCUT2D eigenvalue weighted by Gasteiger charge is -2.30. The summed E-state index contributed by atoms with van der Waals surface area (Å²) in [4.78, 5) is 120. The molecule has 0 unspecified atom stereocenters. The van der Waals surface area contributed by atoms with Crippen molar-refractivity contribution < 1.29 is 53.4 Å². The highest BCUT2D eigenvalue weighted by atomic mass is 32.2. The molecule has 10 atom stereocenters. The van der Waals surface area contributed by atoms with E-state index in [9.17, 15) is 48.3 Å². The molecule has 0 radical (unpaired) electrons. The van der Waals surface area contributed by atoms with E-state index in [0.29, 0.717) is 12.2 Å². The number of rotatable bonds is 28. The number of carbonyl (C=O) groups is 9. The maximum Gasteiger partial charge on any atom is 0.325 e. The van der Waals surface area contributed by atoms with Crippen LogP contribution in [-0.2, 0) is 43.2 Å². The van der Waals surface area contributed by atoms with Gasteiger partial charge in [-0.15, -0.1) is 0 Å². The van der Waals surface area contributed by atoms with Crippen LogP contribution in [-0.4, -0.2) is 166 Å². The summed E-state index contributed by atoms with van der Waals surface area (Å²) in [5, 5.41) is 47.6. The molecule has 1 aliphatic heterocycles. The highest BCUT2D eigenvalue weighted by Gasteiger charge is 2.40. The van der Waals surface area contributed by atoms with Gasteiger partial charge in [0, 0.05) is 18.8 Å². The first kappa shape index (κ1) is 58.1. The maximum atomic E-state index is 13.9. The van der Waals surface area contributed by atoms with Crippen molar-refractivity contribution >= 4 is 83.6 Å². The van der Waals surface area contributed by atoms with E-state index in [1.165, 1.54) is 37.4 Å². The third-order valence-electron chi connectivity index (χ3n) is 10.4. The second-order valence-electron chi connectivity index (χ2n) is 16.8. The van der Waals surface area contributed by atoms with Crippen LogP contribution < -0.4 is 54.0 Å². The molecule has 1 aliphatic rings. The Labute approximate surface area is 390 Å². The summed E-state index contributed by atoms with van der Waals surface area (Å²) in [6.07, 6.45) is 1.37. The number of likely N-dealkylation sites (tertiary alicyclic amines) is 1. The third kappa shape index (κ3) is 20.0. The first-order valence-electron chi connectivity index (χ1n) is 21.6. The Hall–Kier alpha value is -4.88. The summed E-state index contributed by atoms with van der Waals surface area (Å²) in [6.45, 7) is 11.2. The summed E-state index contributed by atoms with van der Waals surface area (Å²) < 4.78 is 0. The number of carboxylic acid groups (broad SMARTS) is 1. The van der Waals surface area contributed by atoms with Crippen molar-refractivity contribution in [1.82, 2.24) is 47.4 Å². The number of hydrogen-bond acceptors (Lipinski definition) is 14. The molecule has 370 valence electrons. The van der Waals surface area contributed by atoms with Crippen LogP contribution >= 0.6 is 24.4 Å². The van der Waals surface area contributed by atoms with E-state index >= 15 is 0 Å². The monoisotopic (exact) mass is 960 g/mol. The zero-order chi connectivity index (χ0) is 49.7. The number of guanidine groups is 1. The number of aliphatic hydroxyl groups excluding tert-OH is 1. The van der Waals surface area contributed by atoms with Crippen molar-refractivity contribution in [3.63, 3.8) is 0 Å². The van der Waals surface area contributed by atoms with Gasteiger partial charge in [-0.25, -0.2) is 0 Å². The number of hydrogen-bond donors (Lipinski definition) is 14. The Morgan fingerprint density at radius 1 is 0.754 bits per heavy atom. The smallest absolute Gasteiger partial charge is 0.325 e. The van der Waals surface area contributed by atoms with Gasteiger partial charge in [-0.05, 0) is 83.1 Å². The number of thioether (sulfide) groups is 1. The number of carbonyl (C=O) groups excluding carboxylic acids is 8. The number of nitrogens with one attached hydrogen (secondary N) is 9. The van der Waals surface area contributed by atoms with Crippen LogP contribution in [0.15, 0.2) is 0 Å². The zero-order valence-electron chi connectivity index (χ0n) is 38.5. The topological polar surface area (TPSA) is 369 Å². The van der Waals surface area contributed by atoms with E-state index in [4.69, 9.17) is 22.0 Å². The maximum absolute atomic E-state index is 13.9. The van der Waals surface area contributed by atoms with Crippen molar-refractivity contribution in [3.05, 3.63) is 0 Å². The molecule has 0 aromatic rings. The summed E-state index contributed by atoms with van der Waals surface area (Å²) in [6, 6.07) is -10.9. The molecule has 8 amide bonds. The van der Waals surface area contributed by atoms with E-state index < -0.39 is 114 Å². The second-order valence-corrected chi connectivity index (χ2v) is 18.2. The van der Waals surface area contributed by atoms with E-state index in [-0.39, 0.29) is 68.7 Å². The van der Waals surface area contributed by atoms with E-state index in [1.807, 2.05) is 6.26 Å². The molecule has 1 rings (SSSR count). The number of carboxylic acids is 1. The molecule has 25 heteroatoms. The molecule has 0 saturated carbocycles. The molecular weight excluding hydrogens is 889 g/mol. The van der Waals surface area contributed by atoms with E-state index in [2.05, 4.69) is 55.2 Å². The van der Waals surface area contributed by atoms with Gasteiger partial charge < -0.3 is 69.1 Å². The molecular formula is C40H72N12O11S2. The van der Waals surface area contributed by atoms with Crippen LogP contribution in [0.5, 0.6) is 0 Å². The van der Waals surface area contributed by atoms with Gasteiger partial charge in [0.25, 0.3) is 0 Å². The minimum absolute atomic E-state index is 0.0490. The summed E-state index contributed by atoms with van der Waals surface area (Å²) in [5.41, 5.74) is 11.4. The van der Waals surface area contributed by atoms with Crippen molar-refractivity contribution in [3.8, 4) is 0 Å². The van der Waals surface area contributed by atoms with Gasteiger partial charge in [-0.1, -0.05) is 27.7 Å². The van der Waals surface area contributed by atoms with Crippen LogP contribution in [0.3, 0.4) is 0 Å². The Kier molecular flexibility index (Phi) is 25.9. The minimum atomic E-state index is -1.67. The fourth-order valence-electron chi connectivity index (χ4n) is 6.53. The predicted molar refractivity (Wildman–Crippen MR) is 247 cm³/mol. The lowest BCUT2D eigenvalue weighted by molar-refractivity contribution is -0.142. The highest BCUT2D eigenvalue weighted by molar-refractivity contribution is 7.98. The average molecular weight is 961 g/mol. The Bertz CT molecular complexity index is 1670. The number of aliphatic hydroxyl groups is 1. The summed E-state index contributed by atoms with van der Waals surface area (Å²) >= 11 is 5.56. The fraction of sp³-hybridized carbons (Fsp3) is 0.750. The second kappa shape index (κ2) is 28.9. The van der Waals surface area contributed by atoms with Crippen molar-refractivity contribution in [2.24, 2.45) is 23.3 Å². The largest absolute Gasteiger partial charge is 0.480 e. The lowest BCUT2D eigenvalue weighted by atomic mass is 10.0. The minimum Gasteiger partial charge on any atom is -0.480 e. The fourth-order valence-corrected chi connectivity index (χ4v) is 7.26. The molecule has 1 saturated heterocycles. The van der Waals surface area contributed by atoms with Crippen LogP contribution in [0.2, 0.25) is 0 Å². The number of amides is 8. The van der Waals surface area contributed by atoms with Gasteiger partial charge >= 0.3 is 5.97 Å². The highest BCUT2D eigenvalue weighted by Crippen LogP contribution is 2.20. The molecule has 0 aliphatic carbocycles. The van der Waals surface area contributed by atoms with Gasteiger partial charge in [-0.3, -0.25) is 48.6 Å². The van der Waals surface area contributed by atoms with Crippen molar-refractivity contribution in [2.45, 2.75) is 147 Å². The van der Waals surface area contributed by atoms with Gasteiger partial charge in [0.1, 0.15) is 48.3 Å². The van der Waals surface area contributed by atoms with E-state index in [1.54, 1.807) is 27.7 Å². The number of nitrogens with two attached hydrogens (primary N) is 2. The number of aliphatic carboxylic acids is 1. The average Bonchev–Trinajstić information content (AvgIpc) is 3.73. The Balaban J connectivity index is 3.27. The molecule has 0 bridgehead atoms. The molecule has 65 heavy (non-hydrogen) atoms. The van der Waals surface area contributed by atoms with Crippen LogP contribution in [0.25, 0.3) is 0 Å². The Morgan fingerprint density at radius 3 is 1.83 bits per heavy atom. The zero-order valence-corrected chi connectivity index (χ0v) is 40.2. The standard InChI is InChI=1S/C40H72N12O11S2/c1-19(2)17-26(33(56)50-27(18-64)34(57)46-22(6)39(62)63)49-37(60)30(23(7)53)51-32(55)24(11-9-14-44-40(42)43)47-35(58)28-12-10-15-52(28)38(61)21(5)45-31(54)25(13-16-65-8)48-36(59)29(41)20(3)4/h19-30,53,64H,9-18,41H2,1-8H3,(H,45,54)(H,46,57)(H,47,58)(H,48,59)(H,49,60)(H,50,56)(H,51,55)(H,62,63)(H4,42,43,44)/t21-,22-,23+,24-,25-,26-,27-,28-,29-,30-/m0/s1. The molecule has 15 N–H and O–H groups in total. The van der Waals surface area contributed by atoms with Gasteiger partial charge in [0.15, 0.2) is 5.96 Å². The lowest BCUT2D eigenvalue weighted by Crippen LogP contribution is -2.62. The van der Waals surface area contributed by atoms with Gasteiger partial charge in [-0.2, -0.15) is 24.4 Å². The SMILES string of the molecule is CSCC[C@H](NC(=O)[C@@H](N)C(C)C)C(=O)N[C@@H](C)C(=O)N1CCC[C@H]1C(=O)N[C@@H](CCCNC(=N)N)C(=O)N[C@H](C(=O)N[C@@H](CC(C)C)C(=O)N[C@@H](CS)C(=O)N[C@@H](C)C(=O)O)[C@@H](C)O. The summed E-state index contributed by atoms with van der Waals surface area (Å²) in [7, 11) is 0. The molecule has 0 aromatic carbocycles.